The van der Waals surface area contributed by atoms with E-state index in [-0.39, 0.29) is 24.2 Å². The molecule has 22 heavy (non-hydrogen) atoms. The highest BCUT2D eigenvalue weighted by Gasteiger charge is 2.35. The molecule has 0 aliphatic carbocycles. The number of likely N-dealkylation sites (tertiary alicyclic amines) is 1. The van der Waals surface area contributed by atoms with Crippen LogP contribution in [0.3, 0.4) is 0 Å². The largest absolute Gasteiger partial charge is 0.391 e. The lowest BCUT2D eigenvalue weighted by Gasteiger charge is -2.24. The number of aliphatic hydroxyl groups is 1. The molecule has 116 valence electrons. The first kappa shape index (κ1) is 14.7. The van der Waals surface area contributed by atoms with Crippen molar-refractivity contribution in [3.05, 3.63) is 53.1 Å². The monoisotopic (exact) mass is 303 g/mol. The number of hydrogen-bond acceptors (Lipinski definition) is 3. The van der Waals surface area contributed by atoms with Gasteiger partial charge in [-0.05, 0) is 37.1 Å². The van der Waals surface area contributed by atoms with Gasteiger partial charge in [0.25, 0.3) is 0 Å². The molecule has 0 bridgehead atoms. The molecule has 1 aliphatic rings. The minimum atomic E-state index is -0.556. The second kappa shape index (κ2) is 5.88. The molecule has 2 aromatic rings. The number of nitrogens with zero attached hydrogens (tertiary/aromatic N) is 2. The van der Waals surface area contributed by atoms with Gasteiger partial charge in [0.15, 0.2) is 0 Å². The first-order chi connectivity index (χ1) is 10.5. The van der Waals surface area contributed by atoms with Crippen LogP contribution in [-0.2, 0) is 11.2 Å². The number of halogens is 1. The third-order valence-corrected chi connectivity index (χ3v) is 3.95. The predicted octanol–water partition coefficient (Wildman–Crippen LogP) is 1.73. The summed E-state index contributed by atoms with van der Waals surface area (Å²) < 4.78 is 13.1. The van der Waals surface area contributed by atoms with Crippen LogP contribution in [0.2, 0.25) is 0 Å². The summed E-state index contributed by atoms with van der Waals surface area (Å²) in [5, 5.41) is 16.8. The molecule has 5 nitrogen and oxygen atoms in total. The Balaban J connectivity index is 1.78. The standard InChI is InChI=1S/C16H18FN3O2/c1-10-6-13(19-18-10)7-16(22)20-9-14(21)8-15(20)11-2-4-12(17)5-3-11/h2-6,14-15,21H,7-9H2,1H3,(H,18,19)/t14-,15-/m1/s1. The number of hydrogen-bond donors (Lipinski definition) is 2. The fourth-order valence-corrected chi connectivity index (χ4v) is 2.91. The number of β-amino-alcohol motifs (C(OH)–C–C–N with tert-alkyl or cyclic N) is 1. The van der Waals surface area contributed by atoms with E-state index in [1.165, 1.54) is 12.1 Å². The van der Waals surface area contributed by atoms with E-state index in [0.29, 0.717) is 18.7 Å². The number of aromatic nitrogens is 2. The van der Waals surface area contributed by atoms with Crippen molar-refractivity contribution < 1.29 is 14.3 Å². The molecule has 3 rings (SSSR count). The van der Waals surface area contributed by atoms with Crippen molar-refractivity contribution in [1.82, 2.24) is 15.1 Å². The first-order valence-corrected chi connectivity index (χ1v) is 7.27. The number of carbonyl (C=O) groups excluding carboxylic acids is 1. The van der Waals surface area contributed by atoms with Gasteiger partial charge in [-0.1, -0.05) is 12.1 Å². The lowest BCUT2D eigenvalue weighted by molar-refractivity contribution is -0.131. The molecule has 2 atom stereocenters. The van der Waals surface area contributed by atoms with Crippen molar-refractivity contribution >= 4 is 5.91 Å². The summed E-state index contributed by atoms with van der Waals surface area (Å²) >= 11 is 0. The van der Waals surface area contributed by atoms with E-state index < -0.39 is 6.10 Å². The van der Waals surface area contributed by atoms with Gasteiger partial charge >= 0.3 is 0 Å². The van der Waals surface area contributed by atoms with Gasteiger partial charge in [0.05, 0.1) is 24.3 Å². The second-order valence-electron chi connectivity index (χ2n) is 5.72. The molecule has 2 N–H and O–H groups in total. The van der Waals surface area contributed by atoms with Gasteiger partial charge in [-0.2, -0.15) is 5.10 Å². The van der Waals surface area contributed by atoms with Gasteiger partial charge < -0.3 is 10.0 Å². The van der Waals surface area contributed by atoms with Crippen LogP contribution in [0.1, 0.15) is 29.4 Å². The number of amides is 1. The van der Waals surface area contributed by atoms with Crippen molar-refractivity contribution in [3.8, 4) is 0 Å². The molecule has 1 aromatic carbocycles. The van der Waals surface area contributed by atoms with E-state index in [9.17, 15) is 14.3 Å². The van der Waals surface area contributed by atoms with Gasteiger partial charge in [0.2, 0.25) is 5.91 Å². The molecule has 0 unspecified atom stereocenters. The minimum Gasteiger partial charge on any atom is -0.391 e. The summed E-state index contributed by atoms with van der Waals surface area (Å²) in [6.07, 6.45) is 0.103. The van der Waals surface area contributed by atoms with Crippen LogP contribution in [0.4, 0.5) is 4.39 Å². The fraction of sp³-hybridized carbons (Fsp3) is 0.375. The summed E-state index contributed by atoms with van der Waals surface area (Å²) in [4.78, 5) is 14.2. The van der Waals surface area contributed by atoms with Crippen LogP contribution < -0.4 is 0 Å². The van der Waals surface area contributed by atoms with Gasteiger partial charge in [0, 0.05) is 12.2 Å². The van der Waals surface area contributed by atoms with Gasteiger partial charge in [-0.25, -0.2) is 4.39 Å². The molecule has 1 fully saturated rings. The van der Waals surface area contributed by atoms with E-state index in [1.807, 2.05) is 13.0 Å². The van der Waals surface area contributed by atoms with Crippen molar-refractivity contribution in [2.24, 2.45) is 0 Å². The third kappa shape index (κ3) is 3.01. The molecule has 0 saturated carbocycles. The number of H-pyrrole nitrogens is 1. The quantitative estimate of drug-likeness (QED) is 0.907. The molecular weight excluding hydrogens is 285 g/mol. The highest BCUT2D eigenvalue weighted by atomic mass is 19.1. The fourth-order valence-electron chi connectivity index (χ4n) is 2.91. The van der Waals surface area contributed by atoms with Crippen molar-refractivity contribution in [2.75, 3.05) is 6.54 Å². The number of aliphatic hydroxyl groups excluding tert-OH is 1. The number of benzene rings is 1. The normalized spacial score (nSPS) is 21.3. The Hall–Kier alpha value is -2.21. The van der Waals surface area contributed by atoms with Crippen molar-refractivity contribution in [2.45, 2.75) is 31.9 Å². The zero-order chi connectivity index (χ0) is 15.7. The van der Waals surface area contributed by atoms with Crippen LogP contribution in [0.15, 0.2) is 30.3 Å². The Morgan fingerprint density at radius 3 is 2.82 bits per heavy atom. The summed E-state index contributed by atoms with van der Waals surface area (Å²) in [6.45, 7) is 2.17. The summed E-state index contributed by atoms with van der Waals surface area (Å²) in [5.41, 5.74) is 2.42. The SMILES string of the molecule is Cc1cc(CC(=O)N2C[C@H](O)C[C@@H]2c2ccc(F)cc2)n[nH]1. The first-order valence-electron chi connectivity index (χ1n) is 7.27. The number of rotatable bonds is 3. The Labute approximate surface area is 127 Å². The van der Waals surface area contributed by atoms with E-state index in [0.717, 1.165) is 11.3 Å². The van der Waals surface area contributed by atoms with Crippen molar-refractivity contribution in [1.29, 1.82) is 0 Å². The lowest BCUT2D eigenvalue weighted by Crippen LogP contribution is -2.33. The Kier molecular flexibility index (Phi) is 3.94. The van der Waals surface area contributed by atoms with E-state index >= 15 is 0 Å². The van der Waals surface area contributed by atoms with Crippen LogP contribution >= 0.6 is 0 Å². The minimum absolute atomic E-state index is 0.0858. The summed E-state index contributed by atoms with van der Waals surface area (Å²) in [5.74, 6) is -0.399. The topological polar surface area (TPSA) is 69.2 Å². The molecule has 1 aliphatic heterocycles. The maximum atomic E-state index is 13.1. The van der Waals surface area contributed by atoms with Crippen LogP contribution in [-0.4, -0.2) is 38.8 Å². The van der Waals surface area contributed by atoms with Crippen LogP contribution in [0.25, 0.3) is 0 Å². The Bertz CT molecular complexity index is 668. The molecular formula is C16H18FN3O2. The maximum Gasteiger partial charge on any atom is 0.229 e. The molecule has 1 amide bonds. The zero-order valence-corrected chi connectivity index (χ0v) is 12.3. The molecule has 1 aromatic heterocycles. The smallest absolute Gasteiger partial charge is 0.229 e. The number of carbonyl (C=O) groups is 1. The summed E-state index contributed by atoms with van der Waals surface area (Å²) in [7, 11) is 0. The maximum absolute atomic E-state index is 13.1. The molecule has 1 saturated heterocycles. The Morgan fingerprint density at radius 1 is 1.45 bits per heavy atom. The zero-order valence-electron chi connectivity index (χ0n) is 12.3. The molecule has 0 radical (unpaired) electrons. The highest BCUT2D eigenvalue weighted by molar-refractivity contribution is 5.79. The predicted molar refractivity (Wildman–Crippen MR) is 78.5 cm³/mol. The molecule has 0 spiro atoms. The van der Waals surface area contributed by atoms with Crippen LogP contribution in [0, 0.1) is 12.7 Å². The van der Waals surface area contributed by atoms with Gasteiger partial charge in [-0.15, -0.1) is 0 Å². The third-order valence-electron chi connectivity index (χ3n) is 3.95. The van der Waals surface area contributed by atoms with E-state index in [1.54, 1.807) is 17.0 Å². The highest BCUT2D eigenvalue weighted by Crippen LogP contribution is 2.32. The van der Waals surface area contributed by atoms with Crippen molar-refractivity contribution in [3.63, 3.8) is 0 Å². The Morgan fingerprint density at radius 2 is 2.18 bits per heavy atom. The van der Waals surface area contributed by atoms with Crippen LogP contribution in [0.5, 0.6) is 0 Å². The van der Waals surface area contributed by atoms with E-state index in [2.05, 4.69) is 10.2 Å². The molecule has 6 heteroatoms. The number of nitrogens with one attached hydrogen (secondary N) is 1. The second-order valence-corrected chi connectivity index (χ2v) is 5.72. The summed E-state index contributed by atoms with van der Waals surface area (Å²) in [6, 6.07) is 7.69. The van der Waals surface area contributed by atoms with E-state index in [4.69, 9.17) is 0 Å². The number of aryl methyl sites for hydroxylation is 1. The number of aromatic amines is 1. The molecule has 2 heterocycles. The average molecular weight is 303 g/mol. The van der Waals surface area contributed by atoms with Gasteiger partial charge in [-0.3, -0.25) is 9.89 Å². The lowest BCUT2D eigenvalue weighted by atomic mass is 10.0. The van der Waals surface area contributed by atoms with Gasteiger partial charge in [0.1, 0.15) is 5.82 Å². The average Bonchev–Trinajstić information content (AvgIpc) is 3.06.